The smallest absolute Gasteiger partial charge is 0.187 e. The molecule has 6 rings (SSSR count). The third-order valence-electron chi connectivity index (χ3n) is 7.11. The fraction of sp³-hybridized carbons (Fsp3) is 0.146. The first kappa shape index (κ1) is 37.8. The number of benzene rings is 4. The first-order valence-electron chi connectivity index (χ1n) is 15.1. The van der Waals surface area contributed by atoms with E-state index in [2.05, 4.69) is 62.2 Å². The number of hydrogen-bond donors (Lipinski definition) is 0. The molecule has 242 valence electrons. The van der Waals surface area contributed by atoms with Gasteiger partial charge in [-0.2, -0.15) is 0 Å². The monoisotopic (exact) mass is 753 g/mol. The molecule has 2 heterocycles. The van der Waals surface area contributed by atoms with Gasteiger partial charge in [-0.25, -0.2) is 19.7 Å². The molecule has 0 amide bonds. The van der Waals surface area contributed by atoms with E-state index < -0.39 is 0 Å². The van der Waals surface area contributed by atoms with Gasteiger partial charge in [0.15, 0.2) is 16.4 Å². The molecule has 0 N–H and O–H groups in total. The molecule has 6 aromatic rings. The molecule has 0 fully saturated rings. The number of unbranched alkanes of at least 4 members (excludes halogenated alkanes) is 1. The van der Waals surface area contributed by atoms with Gasteiger partial charge >= 0.3 is 0 Å². The van der Waals surface area contributed by atoms with Gasteiger partial charge in [-0.3, -0.25) is 0 Å². The Morgan fingerprint density at radius 3 is 1.75 bits per heavy atom. The van der Waals surface area contributed by atoms with Crippen molar-refractivity contribution in [3.63, 3.8) is 0 Å². The predicted molar refractivity (Wildman–Crippen MR) is 199 cm³/mol. The van der Waals surface area contributed by atoms with Crippen LogP contribution in [0.3, 0.4) is 0 Å². The van der Waals surface area contributed by atoms with Crippen LogP contribution < -0.4 is 0 Å². The molecule has 0 saturated heterocycles. The Morgan fingerprint density at radius 2 is 1.15 bits per heavy atom. The zero-order chi connectivity index (χ0) is 31.8. The van der Waals surface area contributed by atoms with Gasteiger partial charge in [0.1, 0.15) is 0 Å². The summed E-state index contributed by atoms with van der Waals surface area (Å²) in [6.45, 7) is 14.1. The van der Waals surface area contributed by atoms with E-state index in [1.54, 1.807) is 22.7 Å². The maximum atomic E-state index is 7.06. The first-order chi connectivity index (χ1) is 22.7. The van der Waals surface area contributed by atoms with Crippen LogP contribution in [0.5, 0.6) is 0 Å². The first-order valence-corrected chi connectivity index (χ1v) is 16.9. The average Bonchev–Trinajstić information content (AvgIpc) is 3.80. The molecule has 0 aliphatic heterocycles. The Kier molecular flexibility index (Phi) is 16.2. The molecule has 0 aliphatic rings. The summed E-state index contributed by atoms with van der Waals surface area (Å²) in [5.41, 5.74) is 8.18. The summed E-state index contributed by atoms with van der Waals surface area (Å²) < 4.78 is 0. The number of rotatable bonds is 9. The Labute approximate surface area is 306 Å². The van der Waals surface area contributed by atoms with E-state index in [1.807, 2.05) is 84.2 Å². The summed E-state index contributed by atoms with van der Waals surface area (Å²) in [4.78, 5) is 16.2. The molecule has 7 heteroatoms. The van der Waals surface area contributed by atoms with Crippen LogP contribution in [0.2, 0.25) is 0 Å². The molecule has 0 unspecified atom stereocenters. The predicted octanol–water partition coefficient (Wildman–Crippen LogP) is 11.7. The molecule has 0 bridgehead atoms. The van der Waals surface area contributed by atoms with Crippen LogP contribution in [0.15, 0.2) is 120 Å². The maximum absolute atomic E-state index is 7.06. The normalized spacial score (nSPS) is 9.62. The summed E-state index contributed by atoms with van der Waals surface area (Å²) >= 11 is 3.32. The van der Waals surface area contributed by atoms with Gasteiger partial charge in [-0.15, -0.1) is 22.7 Å². The topological polar surface area (TPSA) is 34.5 Å². The van der Waals surface area contributed by atoms with Crippen molar-refractivity contribution in [1.29, 1.82) is 0 Å². The quantitative estimate of drug-likeness (QED) is 0.0638. The van der Waals surface area contributed by atoms with E-state index in [-0.39, 0.29) is 27.8 Å². The average molecular weight is 754 g/mol. The van der Waals surface area contributed by atoms with Crippen molar-refractivity contribution in [2.75, 3.05) is 0 Å². The SMILES string of the molecule is [C-]#[N+]c1cccc(CCC#Cc2nc(-c3ccccc3)cs2)c1.[C-]#[N+]c1cccc(CCCCc2nc(-c3ccccc3)cs2)c1.[CH3-].[Pd]. The van der Waals surface area contributed by atoms with Crippen LogP contribution in [0.1, 0.15) is 40.4 Å². The Bertz CT molecular complexity index is 1990. The van der Waals surface area contributed by atoms with Crippen LogP contribution in [0, 0.1) is 32.4 Å². The fourth-order valence-electron chi connectivity index (χ4n) is 4.75. The number of aryl methyl sites for hydroxylation is 3. The Morgan fingerprint density at radius 1 is 0.604 bits per heavy atom. The largest absolute Gasteiger partial charge is 0.358 e. The van der Waals surface area contributed by atoms with Gasteiger partial charge in [0.2, 0.25) is 0 Å². The van der Waals surface area contributed by atoms with Crippen LogP contribution in [0.4, 0.5) is 11.4 Å². The standard InChI is InChI=1S/C20H18N2S.C20H14N2S.CH3.Pd/c2*1-21-18-12-7-9-16(14-18)8-5-6-13-20-22-19(15-23-20)17-10-3-2-4-11-17;;/h2-4,7,9-12,14-15H,5-6,8,13H2;2-4,7,9-12,14-15H,5,8H2;1H3;/q;;-1;. The minimum Gasteiger partial charge on any atom is -0.358 e. The third-order valence-corrected chi connectivity index (χ3v) is 8.78. The number of thiazole rings is 2. The van der Waals surface area contributed by atoms with E-state index in [0.29, 0.717) is 5.69 Å². The molecule has 0 aliphatic carbocycles. The fourth-order valence-corrected chi connectivity index (χ4v) is 6.30. The molecule has 4 nitrogen and oxygen atoms in total. The zero-order valence-electron chi connectivity index (χ0n) is 26.7. The molecule has 0 atom stereocenters. The van der Waals surface area contributed by atoms with E-state index in [0.717, 1.165) is 71.7 Å². The van der Waals surface area contributed by atoms with Crippen molar-refractivity contribution in [2.24, 2.45) is 0 Å². The van der Waals surface area contributed by atoms with Gasteiger partial charge in [0.25, 0.3) is 0 Å². The Hall–Kier alpha value is -4.66. The van der Waals surface area contributed by atoms with Gasteiger partial charge < -0.3 is 7.43 Å². The minimum absolute atomic E-state index is 0. The maximum Gasteiger partial charge on any atom is 0.187 e. The van der Waals surface area contributed by atoms with E-state index in [1.165, 1.54) is 16.1 Å². The number of hydrogen-bond acceptors (Lipinski definition) is 4. The molecule has 0 radical (unpaired) electrons. The zero-order valence-corrected chi connectivity index (χ0v) is 29.9. The molecule has 2 aromatic heterocycles. The van der Waals surface area contributed by atoms with Crippen molar-refractivity contribution in [1.82, 2.24) is 9.97 Å². The van der Waals surface area contributed by atoms with Crippen molar-refractivity contribution >= 4 is 34.0 Å². The molecule has 48 heavy (non-hydrogen) atoms. The molecular formula is C41H35N4PdS2-. The summed E-state index contributed by atoms with van der Waals surface area (Å²) in [7, 11) is 0. The Balaban J connectivity index is 0.000000250. The van der Waals surface area contributed by atoms with E-state index in [9.17, 15) is 0 Å². The van der Waals surface area contributed by atoms with Gasteiger partial charge in [-0.05, 0) is 38.0 Å². The van der Waals surface area contributed by atoms with Gasteiger partial charge in [0, 0.05) is 48.7 Å². The molecule has 0 spiro atoms. The summed E-state index contributed by atoms with van der Waals surface area (Å²) in [5, 5.41) is 6.24. The second-order valence-electron chi connectivity index (χ2n) is 10.5. The second-order valence-corrected chi connectivity index (χ2v) is 12.3. The van der Waals surface area contributed by atoms with E-state index in [4.69, 9.17) is 18.1 Å². The van der Waals surface area contributed by atoms with Crippen LogP contribution in [-0.2, 0) is 39.7 Å². The second kappa shape index (κ2) is 20.6. The third kappa shape index (κ3) is 11.9. The minimum atomic E-state index is 0. The van der Waals surface area contributed by atoms with Crippen LogP contribution in [-0.4, -0.2) is 9.97 Å². The van der Waals surface area contributed by atoms with Crippen molar-refractivity contribution in [3.05, 3.63) is 171 Å². The molecule has 0 saturated carbocycles. The summed E-state index contributed by atoms with van der Waals surface area (Å²) in [6, 6.07) is 36.1. The van der Waals surface area contributed by atoms with Crippen molar-refractivity contribution in [3.8, 4) is 34.4 Å². The van der Waals surface area contributed by atoms with E-state index >= 15 is 0 Å². The molecular weight excluding hydrogens is 719 g/mol. The summed E-state index contributed by atoms with van der Waals surface area (Å²) in [5.74, 6) is 6.30. The number of aromatic nitrogens is 2. The van der Waals surface area contributed by atoms with Crippen LogP contribution in [0.25, 0.3) is 32.2 Å². The summed E-state index contributed by atoms with van der Waals surface area (Å²) in [6.07, 6.45) is 5.93. The van der Waals surface area contributed by atoms with Gasteiger partial charge in [0.05, 0.1) is 29.5 Å². The van der Waals surface area contributed by atoms with Crippen molar-refractivity contribution < 1.29 is 20.4 Å². The van der Waals surface area contributed by atoms with Gasteiger partial charge in [-0.1, -0.05) is 126 Å². The van der Waals surface area contributed by atoms with Crippen LogP contribution >= 0.6 is 22.7 Å². The molecule has 4 aromatic carbocycles. The number of nitrogens with zero attached hydrogens (tertiary/aromatic N) is 4. The van der Waals surface area contributed by atoms with Crippen molar-refractivity contribution in [2.45, 2.75) is 38.5 Å².